The van der Waals surface area contributed by atoms with Crippen LogP contribution in [-0.4, -0.2) is 80.0 Å². The van der Waals surface area contributed by atoms with E-state index >= 15 is 0 Å². The number of halogens is 1. The summed E-state index contributed by atoms with van der Waals surface area (Å²) in [6.45, 7) is 6.06. The van der Waals surface area contributed by atoms with Crippen LogP contribution in [-0.2, 0) is 9.59 Å². The predicted octanol–water partition coefficient (Wildman–Crippen LogP) is 0.794. The number of hydrogen-bond donors (Lipinski definition) is 2. The number of rotatable bonds is 5. The highest BCUT2D eigenvalue weighted by Gasteiger charge is 2.48. The number of piperidine rings is 1. The number of nitrogens with one attached hydrogen (secondary N) is 1. The molecule has 164 valence electrons. The summed E-state index contributed by atoms with van der Waals surface area (Å²) in [5.74, 6) is -0.0708. The zero-order valence-electron chi connectivity index (χ0n) is 17.5. The van der Waals surface area contributed by atoms with Gasteiger partial charge >= 0.3 is 0 Å². The number of benzene rings is 1. The summed E-state index contributed by atoms with van der Waals surface area (Å²) in [7, 11) is 0. The summed E-state index contributed by atoms with van der Waals surface area (Å²) >= 11 is 0. The molecule has 3 aliphatic heterocycles. The van der Waals surface area contributed by atoms with Crippen molar-refractivity contribution < 1.29 is 14.0 Å². The van der Waals surface area contributed by atoms with Gasteiger partial charge in [0.15, 0.2) is 0 Å². The van der Waals surface area contributed by atoms with Crippen molar-refractivity contribution >= 4 is 17.5 Å². The van der Waals surface area contributed by atoms with E-state index in [-0.39, 0.29) is 35.6 Å². The fourth-order valence-electron chi connectivity index (χ4n) is 5.09. The van der Waals surface area contributed by atoms with Crippen LogP contribution in [0.2, 0.25) is 0 Å². The van der Waals surface area contributed by atoms with Crippen LogP contribution in [0.25, 0.3) is 0 Å². The first-order valence-electron chi connectivity index (χ1n) is 11.0. The first kappa shape index (κ1) is 21.1. The Morgan fingerprint density at radius 1 is 1.10 bits per heavy atom. The first-order valence-corrected chi connectivity index (χ1v) is 11.0. The van der Waals surface area contributed by atoms with Crippen LogP contribution in [0.1, 0.15) is 25.7 Å². The molecule has 0 bridgehead atoms. The Labute approximate surface area is 177 Å². The minimum absolute atomic E-state index is 0.0282. The van der Waals surface area contributed by atoms with E-state index < -0.39 is 0 Å². The normalized spacial score (nSPS) is 24.3. The lowest BCUT2D eigenvalue weighted by atomic mass is 9.75. The molecular formula is C22H32FN5O2. The monoisotopic (exact) mass is 417 g/mol. The maximum Gasteiger partial charge on any atom is 0.236 e. The fraction of sp³-hybridized carbons (Fsp3) is 0.636. The van der Waals surface area contributed by atoms with Crippen molar-refractivity contribution in [3.63, 3.8) is 0 Å². The van der Waals surface area contributed by atoms with Crippen LogP contribution in [0.4, 0.5) is 10.1 Å². The maximum atomic E-state index is 13.1. The molecule has 1 spiro atoms. The van der Waals surface area contributed by atoms with Gasteiger partial charge in [-0.05, 0) is 49.9 Å². The molecule has 3 aliphatic rings. The number of anilines is 1. The Balaban J connectivity index is 1.22. The largest absolute Gasteiger partial charge is 0.369 e. The Kier molecular flexibility index (Phi) is 6.24. The van der Waals surface area contributed by atoms with Gasteiger partial charge in [0.05, 0.1) is 12.0 Å². The van der Waals surface area contributed by atoms with Gasteiger partial charge in [-0.2, -0.15) is 0 Å². The second-order valence-electron chi connectivity index (χ2n) is 8.83. The lowest BCUT2D eigenvalue weighted by molar-refractivity contribution is -0.137. The van der Waals surface area contributed by atoms with Gasteiger partial charge in [-0.1, -0.05) is 0 Å². The predicted molar refractivity (Wildman–Crippen MR) is 114 cm³/mol. The van der Waals surface area contributed by atoms with Crippen molar-refractivity contribution in [3.8, 4) is 0 Å². The van der Waals surface area contributed by atoms with E-state index in [1.165, 1.54) is 12.1 Å². The molecule has 8 heteroatoms. The summed E-state index contributed by atoms with van der Waals surface area (Å²) in [6.07, 6.45) is 3.29. The maximum absolute atomic E-state index is 13.1. The summed E-state index contributed by atoms with van der Waals surface area (Å²) in [4.78, 5) is 31.0. The topological polar surface area (TPSA) is 81.9 Å². The van der Waals surface area contributed by atoms with Gasteiger partial charge in [-0.25, -0.2) is 4.39 Å². The number of piperazine rings is 1. The molecule has 30 heavy (non-hydrogen) atoms. The lowest BCUT2D eigenvalue weighted by Gasteiger charge is -2.37. The van der Waals surface area contributed by atoms with E-state index in [4.69, 9.17) is 5.73 Å². The number of amides is 2. The van der Waals surface area contributed by atoms with Crippen molar-refractivity contribution in [2.75, 3.05) is 57.3 Å². The van der Waals surface area contributed by atoms with Crippen molar-refractivity contribution in [2.24, 2.45) is 11.1 Å². The molecule has 1 aromatic rings. The molecule has 1 unspecified atom stereocenters. The number of likely N-dealkylation sites (tertiary alicyclic amines) is 1. The molecule has 3 fully saturated rings. The minimum Gasteiger partial charge on any atom is -0.369 e. The molecule has 2 amide bonds. The number of carbonyl (C=O) groups excluding carboxylic acids is 2. The van der Waals surface area contributed by atoms with Crippen LogP contribution >= 0.6 is 0 Å². The molecule has 0 saturated carbocycles. The standard InChI is InChI=1S/C22H32FN5O2/c23-17-1-3-19(4-2-17)27-13-11-26(12-14-27)8-5-18-15-22(21(30)25-18)6-9-28(10-7-22)20(29)16-24/h1-4,18H,5-16,24H2,(H,25,30). The zero-order valence-corrected chi connectivity index (χ0v) is 17.5. The number of carbonyl (C=O) groups is 2. The van der Waals surface area contributed by atoms with E-state index in [0.717, 1.165) is 64.1 Å². The molecule has 3 saturated heterocycles. The molecule has 4 rings (SSSR count). The average molecular weight is 418 g/mol. The summed E-state index contributed by atoms with van der Waals surface area (Å²) in [5.41, 5.74) is 6.22. The summed E-state index contributed by atoms with van der Waals surface area (Å²) in [5, 5.41) is 3.21. The van der Waals surface area contributed by atoms with Gasteiger partial charge in [0.1, 0.15) is 5.82 Å². The molecule has 0 aliphatic carbocycles. The van der Waals surface area contributed by atoms with E-state index in [1.54, 1.807) is 4.90 Å². The average Bonchev–Trinajstić information content (AvgIpc) is 3.08. The molecule has 3 heterocycles. The number of hydrogen-bond acceptors (Lipinski definition) is 5. The molecule has 3 N–H and O–H groups in total. The quantitative estimate of drug-likeness (QED) is 0.741. The van der Waals surface area contributed by atoms with Crippen molar-refractivity contribution in [2.45, 2.75) is 31.7 Å². The highest BCUT2D eigenvalue weighted by molar-refractivity contribution is 5.86. The second kappa shape index (κ2) is 8.89. The van der Waals surface area contributed by atoms with Gasteiger partial charge in [0, 0.05) is 57.5 Å². The molecule has 7 nitrogen and oxygen atoms in total. The third-order valence-corrected chi connectivity index (χ3v) is 7.06. The third-order valence-electron chi connectivity index (χ3n) is 7.06. The van der Waals surface area contributed by atoms with Crippen LogP contribution < -0.4 is 16.0 Å². The smallest absolute Gasteiger partial charge is 0.236 e. The third kappa shape index (κ3) is 4.44. The Hall–Kier alpha value is -2.19. The fourth-order valence-corrected chi connectivity index (χ4v) is 5.09. The summed E-state index contributed by atoms with van der Waals surface area (Å²) in [6, 6.07) is 6.91. The van der Waals surface area contributed by atoms with E-state index in [9.17, 15) is 14.0 Å². The first-order chi connectivity index (χ1) is 14.5. The van der Waals surface area contributed by atoms with Gasteiger partial charge in [-0.15, -0.1) is 0 Å². The molecular weight excluding hydrogens is 385 g/mol. The zero-order chi connectivity index (χ0) is 21.1. The van der Waals surface area contributed by atoms with Gasteiger partial charge < -0.3 is 20.9 Å². The highest BCUT2D eigenvalue weighted by Crippen LogP contribution is 2.41. The Morgan fingerprint density at radius 3 is 2.40 bits per heavy atom. The van der Waals surface area contributed by atoms with Crippen LogP contribution in [0.5, 0.6) is 0 Å². The molecule has 1 atom stereocenters. The van der Waals surface area contributed by atoms with Gasteiger partial charge in [0.25, 0.3) is 0 Å². The summed E-state index contributed by atoms with van der Waals surface area (Å²) < 4.78 is 13.1. The van der Waals surface area contributed by atoms with E-state index in [2.05, 4.69) is 15.1 Å². The van der Waals surface area contributed by atoms with Crippen LogP contribution in [0.3, 0.4) is 0 Å². The van der Waals surface area contributed by atoms with E-state index in [1.807, 2.05) is 12.1 Å². The molecule has 0 radical (unpaired) electrons. The SMILES string of the molecule is NCC(=O)N1CCC2(CC1)CC(CCN1CCN(c3ccc(F)cc3)CC1)NC2=O. The minimum atomic E-state index is -0.308. The highest BCUT2D eigenvalue weighted by atomic mass is 19.1. The van der Waals surface area contributed by atoms with Crippen molar-refractivity contribution in [3.05, 3.63) is 30.1 Å². The van der Waals surface area contributed by atoms with Gasteiger partial charge in [-0.3, -0.25) is 14.5 Å². The Morgan fingerprint density at radius 2 is 1.77 bits per heavy atom. The number of nitrogens with zero attached hydrogens (tertiary/aromatic N) is 3. The Bertz CT molecular complexity index is 755. The molecule has 1 aromatic carbocycles. The number of nitrogens with two attached hydrogens (primary N) is 1. The lowest BCUT2D eigenvalue weighted by Crippen LogP contribution is -2.47. The molecule has 0 aromatic heterocycles. The van der Waals surface area contributed by atoms with Crippen molar-refractivity contribution in [1.82, 2.24) is 15.1 Å². The van der Waals surface area contributed by atoms with Crippen LogP contribution in [0.15, 0.2) is 24.3 Å². The van der Waals surface area contributed by atoms with Crippen molar-refractivity contribution in [1.29, 1.82) is 0 Å². The van der Waals surface area contributed by atoms with Crippen LogP contribution in [0, 0.1) is 11.2 Å². The van der Waals surface area contributed by atoms with Gasteiger partial charge in [0.2, 0.25) is 11.8 Å². The van der Waals surface area contributed by atoms with E-state index in [0.29, 0.717) is 13.1 Å². The second-order valence-corrected chi connectivity index (χ2v) is 8.83.